The predicted molar refractivity (Wildman–Crippen MR) is 67.2 cm³/mol. The lowest BCUT2D eigenvalue weighted by atomic mass is 9.94. The second-order valence-corrected chi connectivity index (χ2v) is 5.32. The van der Waals surface area contributed by atoms with Crippen molar-refractivity contribution in [3.05, 3.63) is 23.2 Å². The van der Waals surface area contributed by atoms with Crippen LogP contribution in [0.2, 0.25) is 0 Å². The molecule has 4 nitrogen and oxygen atoms in total. The molecule has 1 atom stereocenters. The van der Waals surface area contributed by atoms with Gasteiger partial charge in [-0.3, -0.25) is 0 Å². The molecule has 114 valence electrons. The Labute approximate surface area is 115 Å². The molecule has 0 aromatic carbocycles. The van der Waals surface area contributed by atoms with Gasteiger partial charge in [-0.05, 0) is 32.4 Å². The van der Waals surface area contributed by atoms with Gasteiger partial charge in [0.25, 0.3) is 0 Å². The number of rotatable bonds is 4. The quantitative estimate of drug-likeness (QED) is 0.792. The number of hydrogen-bond donors (Lipinski definition) is 3. The summed E-state index contributed by atoms with van der Waals surface area (Å²) in [5.74, 6) is -0.733. The Morgan fingerprint density at radius 2 is 2.25 bits per heavy atom. The second-order valence-electron chi connectivity index (χ2n) is 5.32. The molecule has 0 bridgehead atoms. The highest BCUT2D eigenvalue weighted by molar-refractivity contribution is 5.23. The van der Waals surface area contributed by atoms with Crippen LogP contribution in [0.4, 0.5) is 13.2 Å². The van der Waals surface area contributed by atoms with Crippen molar-refractivity contribution < 1.29 is 22.7 Å². The molecule has 1 saturated heterocycles. The number of β-amino-alcohol motifs (C(OH)–C–C–N with tert-alkyl or cyclic N) is 1. The van der Waals surface area contributed by atoms with E-state index in [0.717, 1.165) is 13.0 Å². The first kappa shape index (κ1) is 15.3. The summed E-state index contributed by atoms with van der Waals surface area (Å²) in [5.41, 5.74) is -0.822. The molecule has 3 N–H and O–H groups in total. The Morgan fingerprint density at radius 3 is 2.85 bits per heavy atom. The van der Waals surface area contributed by atoms with Crippen molar-refractivity contribution >= 4 is 0 Å². The fourth-order valence-electron chi connectivity index (χ4n) is 2.47. The van der Waals surface area contributed by atoms with Crippen molar-refractivity contribution in [1.29, 1.82) is 0 Å². The standard InChI is InChI=1S/C13H19F3N2O2/c1-9-5-10(11(20-9)13(14,15)16)6-18-8-12(19)3-2-4-17-7-12/h5,17-19H,2-4,6-8H2,1H3. The molecule has 2 rings (SSSR count). The predicted octanol–water partition coefficient (Wildman–Crippen LogP) is 1.81. The third kappa shape index (κ3) is 3.74. The van der Waals surface area contributed by atoms with E-state index in [2.05, 4.69) is 10.6 Å². The molecule has 2 heterocycles. The van der Waals surface area contributed by atoms with E-state index in [4.69, 9.17) is 4.42 Å². The number of hydrogen-bond acceptors (Lipinski definition) is 4. The Morgan fingerprint density at radius 1 is 1.50 bits per heavy atom. The van der Waals surface area contributed by atoms with Crippen LogP contribution in [0.15, 0.2) is 10.5 Å². The number of piperidine rings is 1. The smallest absolute Gasteiger partial charge is 0.449 e. The van der Waals surface area contributed by atoms with E-state index in [1.807, 2.05) is 0 Å². The molecular formula is C13H19F3N2O2. The molecular weight excluding hydrogens is 273 g/mol. The molecule has 0 radical (unpaired) electrons. The highest BCUT2D eigenvalue weighted by atomic mass is 19.4. The lowest BCUT2D eigenvalue weighted by Gasteiger charge is -2.32. The van der Waals surface area contributed by atoms with E-state index < -0.39 is 17.5 Å². The lowest BCUT2D eigenvalue weighted by molar-refractivity contribution is -0.154. The number of alkyl halides is 3. The molecule has 1 aromatic heterocycles. The van der Waals surface area contributed by atoms with Crippen LogP contribution >= 0.6 is 0 Å². The Balaban J connectivity index is 1.94. The lowest BCUT2D eigenvalue weighted by Crippen LogP contribution is -2.51. The molecule has 1 fully saturated rings. The molecule has 1 aromatic rings. The summed E-state index contributed by atoms with van der Waals surface area (Å²) >= 11 is 0. The van der Waals surface area contributed by atoms with Gasteiger partial charge in [0.1, 0.15) is 5.76 Å². The van der Waals surface area contributed by atoms with Gasteiger partial charge in [-0.2, -0.15) is 13.2 Å². The molecule has 0 aliphatic carbocycles. The van der Waals surface area contributed by atoms with Crippen LogP contribution in [-0.4, -0.2) is 30.3 Å². The first-order valence-corrected chi connectivity index (χ1v) is 6.60. The maximum atomic E-state index is 12.7. The highest BCUT2D eigenvalue weighted by Crippen LogP contribution is 2.34. The van der Waals surface area contributed by atoms with Crippen LogP contribution in [-0.2, 0) is 12.7 Å². The van der Waals surface area contributed by atoms with Crippen LogP contribution < -0.4 is 10.6 Å². The number of halogens is 3. The van der Waals surface area contributed by atoms with Crippen LogP contribution in [0.5, 0.6) is 0 Å². The molecule has 0 saturated carbocycles. The Kier molecular flexibility index (Phi) is 4.41. The zero-order valence-electron chi connectivity index (χ0n) is 11.3. The van der Waals surface area contributed by atoms with E-state index >= 15 is 0 Å². The van der Waals surface area contributed by atoms with Gasteiger partial charge < -0.3 is 20.2 Å². The van der Waals surface area contributed by atoms with Crippen LogP contribution in [0.3, 0.4) is 0 Å². The van der Waals surface area contributed by atoms with E-state index in [0.29, 0.717) is 13.0 Å². The minimum atomic E-state index is -4.49. The number of aliphatic hydroxyl groups is 1. The van der Waals surface area contributed by atoms with Crippen molar-refractivity contribution in [2.45, 2.75) is 38.1 Å². The second kappa shape index (κ2) is 5.75. The maximum absolute atomic E-state index is 12.7. The van der Waals surface area contributed by atoms with Crippen LogP contribution in [0, 0.1) is 6.92 Å². The zero-order chi connectivity index (χ0) is 14.8. The first-order chi connectivity index (χ1) is 9.30. The SMILES string of the molecule is Cc1cc(CNCC2(O)CCCNC2)c(C(F)(F)F)o1. The summed E-state index contributed by atoms with van der Waals surface area (Å²) in [6, 6.07) is 1.37. The van der Waals surface area contributed by atoms with Crippen molar-refractivity contribution in [3.8, 4) is 0 Å². The molecule has 7 heteroatoms. The highest BCUT2D eigenvalue weighted by Gasteiger charge is 2.38. The van der Waals surface area contributed by atoms with Crippen molar-refractivity contribution in [1.82, 2.24) is 10.6 Å². The summed E-state index contributed by atoms with van der Waals surface area (Å²) in [6.45, 7) is 3.07. The average molecular weight is 292 g/mol. The van der Waals surface area contributed by atoms with Crippen LogP contribution in [0.25, 0.3) is 0 Å². The molecule has 1 aliphatic rings. The summed E-state index contributed by atoms with van der Waals surface area (Å²) in [5, 5.41) is 16.2. The number of furan rings is 1. The molecule has 1 aliphatic heterocycles. The minimum Gasteiger partial charge on any atom is -0.456 e. The summed E-state index contributed by atoms with van der Waals surface area (Å²) in [7, 11) is 0. The van der Waals surface area contributed by atoms with Crippen molar-refractivity contribution in [2.24, 2.45) is 0 Å². The van der Waals surface area contributed by atoms with Crippen molar-refractivity contribution in [3.63, 3.8) is 0 Å². The Hall–Kier alpha value is -1.05. The van der Waals surface area contributed by atoms with Gasteiger partial charge in [0.05, 0.1) is 5.60 Å². The third-order valence-corrected chi connectivity index (χ3v) is 3.41. The van der Waals surface area contributed by atoms with Gasteiger partial charge in [-0.15, -0.1) is 0 Å². The molecule has 20 heavy (non-hydrogen) atoms. The first-order valence-electron chi connectivity index (χ1n) is 6.60. The van der Waals surface area contributed by atoms with Gasteiger partial charge in [-0.25, -0.2) is 0 Å². The zero-order valence-corrected chi connectivity index (χ0v) is 11.3. The number of nitrogens with one attached hydrogen (secondary N) is 2. The molecule has 0 spiro atoms. The average Bonchev–Trinajstić information content (AvgIpc) is 2.71. The fourth-order valence-corrected chi connectivity index (χ4v) is 2.47. The molecule has 1 unspecified atom stereocenters. The monoisotopic (exact) mass is 292 g/mol. The van der Waals surface area contributed by atoms with Gasteiger partial charge in [0, 0.05) is 25.2 Å². The largest absolute Gasteiger partial charge is 0.456 e. The van der Waals surface area contributed by atoms with Crippen molar-refractivity contribution in [2.75, 3.05) is 19.6 Å². The van der Waals surface area contributed by atoms with E-state index in [1.54, 1.807) is 0 Å². The minimum absolute atomic E-state index is 0.0223. The topological polar surface area (TPSA) is 57.4 Å². The van der Waals surface area contributed by atoms with E-state index in [9.17, 15) is 18.3 Å². The fraction of sp³-hybridized carbons (Fsp3) is 0.692. The Bertz CT molecular complexity index is 451. The maximum Gasteiger partial charge on any atom is 0.449 e. The van der Waals surface area contributed by atoms with Gasteiger partial charge in [0.15, 0.2) is 0 Å². The number of aryl methyl sites for hydroxylation is 1. The van der Waals surface area contributed by atoms with E-state index in [1.165, 1.54) is 13.0 Å². The summed E-state index contributed by atoms with van der Waals surface area (Å²) in [6.07, 6.45) is -2.99. The van der Waals surface area contributed by atoms with Crippen LogP contribution in [0.1, 0.15) is 29.9 Å². The normalized spacial score (nSPS) is 24.1. The molecule has 0 amide bonds. The van der Waals surface area contributed by atoms with Gasteiger partial charge >= 0.3 is 6.18 Å². The van der Waals surface area contributed by atoms with Gasteiger partial charge in [-0.1, -0.05) is 0 Å². The third-order valence-electron chi connectivity index (χ3n) is 3.41. The summed E-state index contributed by atoms with van der Waals surface area (Å²) < 4.78 is 42.9. The van der Waals surface area contributed by atoms with Gasteiger partial charge in [0.2, 0.25) is 5.76 Å². The van der Waals surface area contributed by atoms with E-state index in [-0.39, 0.29) is 24.4 Å². The summed E-state index contributed by atoms with van der Waals surface area (Å²) in [4.78, 5) is 0.